The van der Waals surface area contributed by atoms with Crippen LogP contribution < -0.4 is 10.1 Å². The second-order valence-corrected chi connectivity index (χ2v) is 7.25. The van der Waals surface area contributed by atoms with E-state index in [9.17, 15) is 4.79 Å². The number of anilines is 1. The van der Waals surface area contributed by atoms with E-state index in [1.165, 1.54) is 0 Å². The number of methoxy groups -OCH3 is 1. The molecule has 3 rings (SSSR count). The van der Waals surface area contributed by atoms with Crippen molar-refractivity contribution in [2.24, 2.45) is 0 Å². The number of terminal acetylenes is 2. The molecule has 0 aliphatic carbocycles. The van der Waals surface area contributed by atoms with Crippen LogP contribution in [0.25, 0.3) is 0 Å². The number of amides is 1. The number of hydrogen-bond acceptors (Lipinski definition) is 3. The second kappa shape index (κ2) is 10.7. The maximum Gasteiger partial charge on any atom is 0.289 e. The molecule has 0 unspecified atom stereocenters. The zero-order valence-corrected chi connectivity index (χ0v) is 19.0. The van der Waals surface area contributed by atoms with E-state index in [1.54, 1.807) is 43.5 Å². The van der Waals surface area contributed by atoms with Crippen molar-refractivity contribution in [2.45, 2.75) is 6.92 Å². The molecule has 0 saturated carbocycles. The lowest BCUT2D eigenvalue weighted by molar-refractivity contribution is -0.612. The van der Waals surface area contributed by atoms with Crippen LogP contribution in [0.2, 0.25) is 0 Å². The molecule has 0 aliphatic heterocycles. The SMILES string of the molecule is C#Cc1ccc(NC(=O)c2cc(C#C)cc(OC)c2[N+](=Cc2ccccc2)N(C)CC)cc1. The molecule has 0 aromatic heterocycles. The Morgan fingerprint density at radius 2 is 1.73 bits per heavy atom. The van der Waals surface area contributed by atoms with Gasteiger partial charge in [0.1, 0.15) is 5.56 Å². The van der Waals surface area contributed by atoms with Crippen molar-refractivity contribution in [3.8, 4) is 30.4 Å². The Morgan fingerprint density at radius 1 is 1.06 bits per heavy atom. The molecule has 0 atom stereocenters. The van der Waals surface area contributed by atoms with Gasteiger partial charge in [-0.15, -0.1) is 12.8 Å². The Hall–Kier alpha value is -4.48. The standard InChI is InChI=1S/C28H25N3O2/c1-6-21-14-16-24(17-15-21)29-28(32)25-18-22(7-2)19-26(33-5)27(25)31(30(4)8-3)20-23-12-10-9-11-13-23/h1-2,9-20H,8H2,3-5H3/p+1. The molecule has 0 spiro atoms. The Bertz CT molecular complexity index is 1250. The fourth-order valence-electron chi connectivity index (χ4n) is 3.27. The van der Waals surface area contributed by atoms with Gasteiger partial charge in [0.25, 0.3) is 11.6 Å². The molecule has 5 heteroatoms. The smallest absolute Gasteiger partial charge is 0.289 e. The number of hydrazone groups is 1. The van der Waals surface area contributed by atoms with E-state index in [1.807, 2.05) is 60.2 Å². The number of carbonyl (C=O) groups excluding carboxylic acids is 1. The Labute approximate surface area is 195 Å². The van der Waals surface area contributed by atoms with Crippen LogP contribution in [-0.2, 0) is 0 Å². The van der Waals surface area contributed by atoms with Crippen LogP contribution >= 0.6 is 0 Å². The third kappa shape index (κ3) is 5.42. The summed E-state index contributed by atoms with van der Waals surface area (Å²) in [6.07, 6.45) is 13.1. The number of nitrogens with one attached hydrogen (secondary N) is 1. The molecular formula is C28H26N3O2+. The first-order valence-corrected chi connectivity index (χ1v) is 10.5. The molecular weight excluding hydrogens is 410 g/mol. The third-order valence-electron chi connectivity index (χ3n) is 5.14. The molecule has 5 nitrogen and oxygen atoms in total. The van der Waals surface area contributed by atoms with Crippen molar-refractivity contribution in [1.82, 2.24) is 5.01 Å². The fraction of sp³-hybridized carbons (Fsp3) is 0.143. The molecule has 0 fully saturated rings. The highest BCUT2D eigenvalue weighted by molar-refractivity contribution is 6.08. The summed E-state index contributed by atoms with van der Waals surface area (Å²) in [6, 6.07) is 20.4. The minimum Gasteiger partial charge on any atom is -0.490 e. The number of hydrogen-bond donors (Lipinski definition) is 1. The third-order valence-corrected chi connectivity index (χ3v) is 5.14. The van der Waals surface area contributed by atoms with Gasteiger partial charge in [0, 0.05) is 28.4 Å². The largest absolute Gasteiger partial charge is 0.490 e. The first kappa shape index (κ1) is 23.2. The minimum absolute atomic E-state index is 0.315. The molecule has 0 aliphatic rings. The number of nitrogens with zero attached hydrogens (tertiary/aromatic N) is 2. The van der Waals surface area contributed by atoms with Crippen LogP contribution in [0.1, 0.15) is 34.0 Å². The van der Waals surface area contributed by atoms with Gasteiger partial charge in [0.2, 0.25) is 6.21 Å². The average Bonchev–Trinajstić information content (AvgIpc) is 2.87. The van der Waals surface area contributed by atoms with Gasteiger partial charge in [-0.05, 0) is 49.4 Å². The van der Waals surface area contributed by atoms with Crippen molar-refractivity contribution in [3.63, 3.8) is 0 Å². The van der Waals surface area contributed by atoms with Gasteiger partial charge in [-0.2, -0.15) is 5.01 Å². The van der Waals surface area contributed by atoms with Gasteiger partial charge in [0.05, 0.1) is 20.7 Å². The first-order valence-electron chi connectivity index (χ1n) is 10.5. The van der Waals surface area contributed by atoms with Crippen LogP contribution in [0.15, 0.2) is 66.7 Å². The lowest BCUT2D eigenvalue weighted by Crippen LogP contribution is -2.31. The normalized spacial score (nSPS) is 10.6. The van der Waals surface area contributed by atoms with Gasteiger partial charge in [0.15, 0.2) is 5.75 Å². The quantitative estimate of drug-likeness (QED) is 0.256. The molecule has 1 amide bonds. The van der Waals surface area contributed by atoms with E-state index >= 15 is 0 Å². The van der Waals surface area contributed by atoms with E-state index < -0.39 is 0 Å². The van der Waals surface area contributed by atoms with E-state index in [4.69, 9.17) is 17.6 Å². The maximum atomic E-state index is 13.5. The van der Waals surface area contributed by atoms with Gasteiger partial charge >= 0.3 is 0 Å². The van der Waals surface area contributed by atoms with Gasteiger partial charge < -0.3 is 10.1 Å². The number of hydrazine groups is 1. The summed E-state index contributed by atoms with van der Waals surface area (Å²) >= 11 is 0. The van der Waals surface area contributed by atoms with Crippen LogP contribution in [0.3, 0.4) is 0 Å². The molecule has 164 valence electrons. The van der Waals surface area contributed by atoms with E-state index in [0.717, 1.165) is 11.1 Å². The highest BCUT2D eigenvalue weighted by Crippen LogP contribution is 2.34. The molecule has 0 radical (unpaired) electrons. The summed E-state index contributed by atoms with van der Waals surface area (Å²) in [4.78, 5) is 13.5. The maximum absolute atomic E-state index is 13.5. The highest BCUT2D eigenvalue weighted by Gasteiger charge is 2.29. The number of rotatable bonds is 7. The zero-order chi connectivity index (χ0) is 23.8. The average molecular weight is 437 g/mol. The number of ether oxygens (including phenoxy) is 1. The summed E-state index contributed by atoms with van der Waals surface area (Å²) in [5.41, 5.74) is 3.84. The van der Waals surface area contributed by atoms with E-state index in [0.29, 0.717) is 34.8 Å². The summed E-state index contributed by atoms with van der Waals surface area (Å²) in [7, 11) is 3.50. The molecule has 3 aromatic rings. The van der Waals surface area contributed by atoms with Crippen molar-refractivity contribution < 1.29 is 14.2 Å². The van der Waals surface area contributed by atoms with Crippen LogP contribution in [-0.4, -0.2) is 42.5 Å². The predicted octanol–water partition coefficient (Wildman–Crippen LogP) is 4.54. The number of benzene rings is 3. The van der Waals surface area contributed by atoms with Crippen LogP contribution in [0.4, 0.5) is 11.4 Å². The summed E-state index contributed by atoms with van der Waals surface area (Å²) in [5, 5.41) is 4.92. The molecule has 33 heavy (non-hydrogen) atoms. The van der Waals surface area contributed by atoms with Gasteiger partial charge in [-0.1, -0.05) is 34.7 Å². The molecule has 1 N–H and O–H groups in total. The molecule has 0 saturated heterocycles. The summed E-state index contributed by atoms with van der Waals surface area (Å²) in [6.45, 7) is 2.72. The van der Waals surface area contributed by atoms with Crippen molar-refractivity contribution in [3.05, 3.63) is 89.0 Å². The lowest BCUT2D eigenvalue weighted by Gasteiger charge is -2.18. The summed E-state index contributed by atoms with van der Waals surface area (Å²) in [5.74, 6) is 5.35. The van der Waals surface area contributed by atoms with E-state index in [-0.39, 0.29) is 5.91 Å². The molecule has 0 heterocycles. The molecule has 3 aromatic carbocycles. The van der Waals surface area contributed by atoms with Gasteiger partial charge in [-0.25, -0.2) is 0 Å². The predicted molar refractivity (Wildman–Crippen MR) is 133 cm³/mol. The van der Waals surface area contributed by atoms with E-state index in [2.05, 4.69) is 17.2 Å². The first-order chi connectivity index (χ1) is 16.0. The van der Waals surface area contributed by atoms with Crippen molar-refractivity contribution in [1.29, 1.82) is 0 Å². The number of carbonyl (C=O) groups is 1. The Kier molecular flexibility index (Phi) is 7.52. The van der Waals surface area contributed by atoms with Crippen molar-refractivity contribution in [2.75, 3.05) is 26.0 Å². The van der Waals surface area contributed by atoms with Gasteiger partial charge in [-0.3, -0.25) is 4.79 Å². The molecule has 0 bridgehead atoms. The monoisotopic (exact) mass is 436 g/mol. The topological polar surface area (TPSA) is 44.6 Å². The zero-order valence-electron chi connectivity index (χ0n) is 19.0. The summed E-state index contributed by atoms with van der Waals surface area (Å²) < 4.78 is 7.59. The Morgan fingerprint density at radius 3 is 2.30 bits per heavy atom. The fourth-order valence-corrected chi connectivity index (χ4v) is 3.27. The minimum atomic E-state index is -0.315. The van der Waals surface area contributed by atoms with Crippen LogP contribution in [0.5, 0.6) is 5.75 Å². The van der Waals surface area contributed by atoms with Crippen LogP contribution in [0, 0.1) is 24.7 Å². The Balaban J connectivity index is 2.18. The second-order valence-electron chi connectivity index (χ2n) is 7.25. The van der Waals surface area contributed by atoms with Crippen molar-refractivity contribution >= 4 is 23.5 Å². The lowest BCUT2D eigenvalue weighted by atomic mass is 10.1. The highest BCUT2D eigenvalue weighted by atomic mass is 16.5.